The maximum Gasteiger partial charge on any atom is 0.401 e. The summed E-state index contributed by atoms with van der Waals surface area (Å²) in [5.74, 6) is -1.61. The van der Waals surface area contributed by atoms with Crippen LogP contribution in [0.3, 0.4) is 0 Å². The molecule has 0 saturated heterocycles. The summed E-state index contributed by atoms with van der Waals surface area (Å²) in [5.41, 5.74) is -1.06. The Labute approximate surface area is 114 Å². The number of rotatable bonds is 5. The highest BCUT2D eigenvalue weighted by molar-refractivity contribution is 5.81. The zero-order valence-corrected chi connectivity index (χ0v) is 11.2. The van der Waals surface area contributed by atoms with Crippen LogP contribution >= 0.6 is 0 Å². The Hall–Kier alpha value is -1.31. The van der Waals surface area contributed by atoms with Crippen molar-refractivity contribution in [3.63, 3.8) is 0 Å². The minimum Gasteiger partial charge on any atom is -0.481 e. The molecule has 2 atom stereocenters. The highest BCUT2D eigenvalue weighted by atomic mass is 19.4. The van der Waals surface area contributed by atoms with Crippen molar-refractivity contribution in [2.75, 3.05) is 13.1 Å². The van der Waals surface area contributed by atoms with Gasteiger partial charge in [0.25, 0.3) is 0 Å². The van der Waals surface area contributed by atoms with Crippen molar-refractivity contribution >= 4 is 11.9 Å². The van der Waals surface area contributed by atoms with Crippen molar-refractivity contribution < 1.29 is 27.9 Å². The topological polar surface area (TPSA) is 78.4 Å². The van der Waals surface area contributed by atoms with Crippen LogP contribution in [-0.4, -0.2) is 42.3 Å². The summed E-state index contributed by atoms with van der Waals surface area (Å²) in [4.78, 5) is 22.9. The molecule has 1 rings (SSSR count). The number of hydrogen-bond donors (Lipinski definition) is 3. The van der Waals surface area contributed by atoms with E-state index < -0.39 is 42.6 Å². The first-order valence-electron chi connectivity index (χ1n) is 6.45. The van der Waals surface area contributed by atoms with Gasteiger partial charge in [0.2, 0.25) is 5.91 Å². The fourth-order valence-corrected chi connectivity index (χ4v) is 2.38. The molecule has 0 aliphatic heterocycles. The first-order valence-corrected chi connectivity index (χ1v) is 6.45. The van der Waals surface area contributed by atoms with Gasteiger partial charge >= 0.3 is 12.1 Å². The second-order valence-electron chi connectivity index (χ2n) is 5.31. The van der Waals surface area contributed by atoms with Crippen LogP contribution in [0, 0.1) is 5.41 Å². The molecule has 20 heavy (non-hydrogen) atoms. The van der Waals surface area contributed by atoms with Crippen LogP contribution in [0.25, 0.3) is 0 Å². The van der Waals surface area contributed by atoms with Crippen LogP contribution in [0.5, 0.6) is 0 Å². The van der Waals surface area contributed by atoms with E-state index in [2.05, 4.69) is 5.32 Å². The number of carbonyl (C=O) groups excluding carboxylic acids is 1. The molecule has 1 fully saturated rings. The van der Waals surface area contributed by atoms with Gasteiger partial charge in [0.05, 0.1) is 18.5 Å². The molecule has 116 valence electrons. The quantitative estimate of drug-likeness (QED) is 0.714. The van der Waals surface area contributed by atoms with Gasteiger partial charge in [-0.3, -0.25) is 9.59 Å². The minimum atomic E-state index is -4.37. The fourth-order valence-electron chi connectivity index (χ4n) is 2.38. The molecule has 0 aromatic carbocycles. The lowest BCUT2D eigenvalue weighted by atomic mass is 9.71. The molecule has 8 heteroatoms. The van der Waals surface area contributed by atoms with E-state index in [0.717, 1.165) is 12.8 Å². The largest absolute Gasteiger partial charge is 0.481 e. The highest BCUT2D eigenvalue weighted by Crippen LogP contribution is 2.36. The number of nitrogens with one attached hydrogen (secondary N) is 2. The van der Waals surface area contributed by atoms with Gasteiger partial charge < -0.3 is 15.7 Å². The van der Waals surface area contributed by atoms with Crippen LogP contribution < -0.4 is 10.6 Å². The number of carbonyl (C=O) groups is 2. The van der Waals surface area contributed by atoms with E-state index in [1.807, 2.05) is 5.32 Å². The summed E-state index contributed by atoms with van der Waals surface area (Å²) < 4.78 is 35.8. The average molecular weight is 296 g/mol. The first-order chi connectivity index (χ1) is 9.15. The Kier molecular flexibility index (Phi) is 5.38. The minimum absolute atomic E-state index is 0.448. The fraction of sp³-hybridized carbons (Fsp3) is 0.833. The summed E-state index contributed by atoms with van der Waals surface area (Å²) in [6, 6.07) is -0.547. The highest BCUT2D eigenvalue weighted by Gasteiger charge is 2.43. The Morgan fingerprint density at radius 2 is 2.00 bits per heavy atom. The Morgan fingerprint density at radius 1 is 1.35 bits per heavy atom. The Bertz CT molecular complexity index is 373. The molecule has 1 aliphatic carbocycles. The molecule has 1 saturated carbocycles. The van der Waals surface area contributed by atoms with Crippen LogP contribution in [0.15, 0.2) is 0 Å². The molecule has 0 bridgehead atoms. The normalized spacial score (nSPS) is 27.1. The number of carboxylic acid groups (broad SMARTS) is 1. The number of halogens is 3. The number of hydrogen-bond acceptors (Lipinski definition) is 3. The second kappa shape index (κ2) is 6.43. The van der Waals surface area contributed by atoms with Gasteiger partial charge in [-0.15, -0.1) is 0 Å². The molecule has 0 aromatic rings. The van der Waals surface area contributed by atoms with Crippen molar-refractivity contribution in [3.8, 4) is 0 Å². The second-order valence-corrected chi connectivity index (χ2v) is 5.31. The molecule has 1 amide bonds. The Balaban J connectivity index is 2.49. The van der Waals surface area contributed by atoms with Gasteiger partial charge in [0.15, 0.2) is 0 Å². The molecule has 1 aliphatic rings. The van der Waals surface area contributed by atoms with Crippen LogP contribution in [0.1, 0.15) is 32.6 Å². The summed E-state index contributed by atoms with van der Waals surface area (Å²) in [6.45, 7) is -0.171. The summed E-state index contributed by atoms with van der Waals surface area (Å²) in [5, 5.41) is 13.8. The molecular formula is C12H19F3N2O3. The lowest BCUT2D eigenvalue weighted by Gasteiger charge is -2.38. The van der Waals surface area contributed by atoms with Crippen LogP contribution in [0.4, 0.5) is 13.2 Å². The van der Waals surface area contributed by atoms with Gasteiger partial charge in [-0.05, 0) is 19.8 Å². The zero-order chi connectivity index (χ0) is 15.4. The van der Waals surface area contributed by atoms with Crippen LogP contribution in [-0.2, 0) is 9.59 Å². The van der Waals surface area contributed by atoms with E-state index in [1.165, 1.54) is 0 Å². The van der Waals surface area contributed by atoms with E-state index in [0.29, 0.717) is 12.8 Å². The van der Waals surface area contributed by atoms with E-state index >= 15 is 0 Å². The lowest BCUT2D eigenvalue weighted by molar-refractivity contribution is -0.152. The predicted molar refractivity (Wildman–Crippen MR) is 65.1 cm³/mol. The zero-order valence-electron chi connectivity index (χ0n) is 11.2. The molecule has 3 N–H and O–H groups in total. The van der Waals surface area contributed by atoms with Gasteiger partial charge in [0, 0.05) is 6.04 Å². The van der Waals surface area contributed by atoms with Crippen molar-refractivity contribution in [1.29, 1.82) is 0 Å². The predicted octanol–water partition coefficient (Wildman–Crippen LogP) is 1.29. The van der Waals surface area contributed by atoms with Crippen molar-refractivity contribution in [2.45, 2.75) is 44.8 Å². The van der Waals surface area contributed by atoms with Crippen molar-refractivity contribution in [2.24, 2.45) is 5.41 Å². The molecule has 0 spiro atoms. The molecular weight excluding hydrogens is 277 g/mol. The summed E-state index contributed by atoms with van der Waals surface area (Å²) in [7, 11) is 0. The summed E-state index contributed by atoms with van der Waals surface area (Å²) in [6.07, 6.45) is -1.84. The maximum atomic E-state index is 11.9. The third-order valence-corrected chi connectivity index (χ3v) is 3.64. The van der Waals surface area contributed by atoms with Crippen molar-refractivity contribution in [1.82, 2.24) is 10.6 Å². The van der Waals surface area contributed by atoms with E-state index in [4.69, 9.17) is 0 Å². The molecule has 0 radical (unpaired) electrons. The third kappa shape index (κ3) is 4.66. The van der Waals surface area contributed by atoms with Crippen LogP contribution in [0.2, 0.25) is 0 Å². The number of amides is 1. The molecule has 0 aromatic heterocycles. The van der Waals surface area contributed by atoms with E-state index in [1.54, 1.807) is 6.92 Å². The SMILES string of the molecule is CC1(C(=O)O)CCCCC1NC(=O)CNCC(F)(F)F. The third-order valence-electron chi connectivity index (χ3n) is 3.64. The molecule has 5 nitrogen and oxygen atoms in total. The Morgan fingerprint density at radius 3 is 2.55 bits per heavy atom. The first kappa shape index (κ1) is 16.7. The molecule has 0 heterocycles. The number of aliphatic carboxylic acids is 1. The smallest absolute Gasteiger partial charge is 0.401 e. The van der Waals surface area contributed by atoms with Gasteiger partial charge in [-0.1, -0.05) is 12.8 Å². The lowest BCUT2D eigenvalue weighted by Crippen LogP contribution is -2.53. The summed E-state index contributed by atoms with van der Waals surface area (Å²) >= 11 is 0. The standard InChI is InChI=1S/C12H19F3N2O3/c1-11(10(19)20)5-3-2-4-8(11)17-9(18)6-16-7-12(13,14)15/h8,16H,2-7H2,1H3,(H,17,18)(H,19,20). The average Bonchev–Trinajstić information content (AvgIpc) is 2.30. The van der Waals surface area contributed by atoms with Gasteiger partial charge in [-0.25, -0.2) is 0 Å². The van der Waals surface area contributed by atoms with E-state index in [9.17, 15) is 27.9 Å². The van der Waals surface area contributed by atoms with Crippen molar-refractivity contribution in [3.05, 3.63) is 0 Å². The maximum absolute atomic E-state index is 11.9. The van der Waals surface area contributed by atoms with Gasteiger partial charge in [-0.2, -0.15) is 13.2 Å². The number of carboxylic acids is 1. The number of alkyl halides is 3. The monoisotopic (exact) mass is 296 g/mol. The molecule has 2 unspecified atom stereocenters. The van der Waals surface area contributed by atoms with E-state index in [-0.39, 0.29) is 0 Å². The van der Waals surface area contributed by atoms with Gasteiger partial charge in [0.1, 0.15) is 0 Å².